The first-order valence-electron chi connectivity index (χ1n) is 9.81. The first kappa shape index (κ1) is 20.7. The second-order valence-electron chi connectivity index (χ2n) is 8.13. The van der Waals surface area contributed by atoms with Crippen LogP contribution in [0.25, 0.3) is 0 Å². The van der Waals surface area contributed by atoms with Crippen molar-refractivity contribution in [2.24, 2.45) is 0 Å². The van der Waals surface area contributed by atoms with Gasteiger partial charge in [-0.05, 0) is 39.2 Å². The van der Waals surface area contributed by atoms with Crippen molar-refractivity contribution < 1.29 is 19.1 Å². The van der Waals surface area contributed by atoms with Gasteiger partial charge in [0.15, 0.2) is 0 Å². The maximum absolute atomic E-state index is 12.3. The van der Waals surface area contributed by atoms with Crippen molar-refractivity contribution in [2.45, 2.75) is 51.7 Å². The van der Waals surface area contributed by atoms with Crippen LogP contribution in [0.2, 0.25) is 0 Å². The number of H-pyrrole nitrogens is 1. The first-order valence-corrected chi connectivity index (χ1v) is 9.81. The zero-order valence-electron chi connectivity index (χ0n) is 17.1. The summed E-state index contributed by atoms with van der Waals surface area (Å²) in [5, 5.41) is 9.78. The number of carbonyl (C=O) groups excluding carboxylic acids is 2. The molecule has 0 radical (unpaired) electrons. The summed E-state index contributed by atoms with van der Waals surface area (Å²) < 4.78 is 10.6. The maximum Gasteiger partial charge on any atom is 0.413 e. The molecule has 2 N–H and O–H groups in total. The van der Waals surface area contributed by atoms with Crippen molar-refractivity contribution in [3.8, 4) is 0 Å². The van der Waals surface area contributed by atoms with E-state index in [1.807, 2.05) is 57.2 Å². The Hall–Kier alpha value is -3.03. The van der Waals surface area contributed by atoms with Gasteiger partial charge in [-0.15, -0.1) is 0 Å². The Bertz CT molecular complexity index is 821. The van der Waals surface area contributed by atoms with Gasteiger partial charge in [0.05, 0.1) is 5.69 Å². The van der Waals surface area contributed by atoms with Gasteiger partial charge in [0.25, 0.3) is 0 Å². The highest BCUT2D eigenvalue weighted by Gasteiger charge is 2.26. The summed E-state index contributed by atoms with van der Waals surface area (Å²) in [6, 6.07) is 11.5. The Morgan fingerprint density at radius 2 is 1.90 bits per heavy atom. The smallest absolute Gasteiger partial charge is 0.413 e. The van der Waals surface area contributed by atoms with Crippen LogP contribution in [0.1, 0.15) is 50.8 Å². The van der Waals surface area contributed by atoms with Crippen molar-refractivity contribution in [1.29, 1.82) is 0 Å². The molecule has 3 rings (SSSR count). The molecule has 0 atom stereocenters. The van der Waals surface area contributed by atoms with E-state index in [0.717, 1.165) is 24.1 Å². The van der Waals surface area contributed by atoms with E-state index in [1.54, 1.807) is 4.90 Å². The molecule has 8 heteroatoms. The van der Waals surface area contributed by atoms with Crippen LogP contribution in [-0.2, 0) is 16.1 Å². The average molecular weight is 400 g/mol. The molecular weight excluding hydrogens is 372 g/mol. The average Bonchev–Trinajstić information content (AvgIpc) is 3.14. The number of hydrogen-bond donors (Lipinski definition) is 2. The highest BCUT2D eigenvalue weighted by atomic mass is 16.6. The molecule has 0 spiro atoms. The van der Waals surface area contributed by atoms with E-state index >= 15 is 0 Å². The van der Waals surface area contributed by atoms with Crippen LogP contribution in [0.4, 0.5) is 15.4 Å². The predicted molar refractivity (Wildman–Crippen MR) is 109 cm³/mol. The molecule has 1 aromatic heterocycles. The van der Waals surface area contributed by atoms with Gasteiger partial charge in [-0.1, -0.05) is 30.3 Å². The summed E-state index contributed by atoms with van der Waals surface area (Å²) in [4.78, 5) is 25.9. The molecule has 1 fully saturated rings. The molecule has 2 heterocycles. The summed E-state index contributed by atoms with van der Waals surface area (Å²) in [6.07, 6.45) is 0.763. The topological polar surface area (TPSA) is 96.6 Å². The van der Waals surface area contributed by atoms with Gasteiger partial charge in [-0.3, -0.25) is 10.4 Å². The lowest BCUT2D eigenvalue weighted by Gasteiger charge is -2.30. The third-order valence-electron chi connectivity index (χ3n) is 4.61. The normalized spacial score (nSPS) is 15.1. The molecule has 0 saturated carbocycles. The van der Waals surface area contributed by atoms with Crippen LogP contribution in [0.15, 0.2) is 36.4 Å². The second-order valence-corrected chi connectivity index (χ2v) is 8.13. The number of carbonyl (C=O) groups is 2. The van der Waals surface area contributed by atoms with Gasteiger partial charge >= 0.3 is 12.2 Å². The van der Waals surface area contributed by atoms with Crippen LogP contribution in [0, 0.1) is 0 Å². The van der Waals surface area contributed by atoms with E-state index in [0.29, 0.717) is 18.9 Å². The van der Waals surface area contributed by atoms with Crippen LogP contribution < -0.4 is 5.32 Å². The molecule has 8 nitrogen and oxygen atoms in total. The van der Waals surface area contributed by atoms with E-state index < -0.39 is 11.7 Å². The maximum atomic E-state index is 12.3. The molecule has 1 aliphatic heterocycles. The molecule has 1 aliphatic rings. The predicted octanol–water partition coefficient (Wildman–Crippen LogP) is 4.27. The summed E-state index contributed by atoms with van der Waals surface area (Å²) in [5.41, 5.74) is 1.28. The Labute approximate surface area is 170 Å². The largest absolute Gasteiger partial charge is 0.445 e. The zero-order chi connectivity index (χ0) is 20.9. The van der Waals surface area contributed by atoms with E-state index in [1.165, 1.54) is 0 Å². The standard InChI is InChI=1S/C21H28N4O4/c1-21(2,3)29-19(26)22-18-13-17(23-24-18)16-9-11-25(12-10-16)20(27)28-14-15-7-5-4-6-8-15/h4-8,13,16H,9-12,14H2,1-3H3,(H2,22,23,24,26). The van der Waals surface area contributed by atoms with Crippen LogP contribution in [0.3, 0.4) is 0 Å². The number of piperidine rings is 1. The minimum atomic E-state index is -0.561. The lowest BCUT2D eigenvalue weighted by atomic mass is 9.94. The Morgan fingerprint density at radius 3 is 2.55 bits per heavy atom. The molecule has 156 valence electrons. The summed E-state index contributed by atoms with van der Waals surface area (Å²) in [5.74, 6) is 0.720. The van der Waals surface area contributed by atoms with Gasteiger partial charge in [0, 0.05) is 25.1 Å². The fourth-order valence-electron chi connectivity index (χ4n) is 3.19. The number of likely N-dealkylation sites (tertiary alicyclic amines) is 1. The van der Waals surface area contributed by atoms with Crippen molar-refractivity contribution in [3.63, 3.8) is 0 Å². The first-order chi connectivity index (χ1) is 13.8. The molecule has 1 saturated heterocycles. The number of hydrogen-bond acceptors (Lipinski definition) is 5. The fourth-order valence-corrected chi connectivity index (χ4v) is 3.19. The van der Waals surface area contributed by atoms with Gasteiger partial charge in [0.2, 0.25) is 0 Å². The minimum absolute atomic E-state index is 0.221. The Balaban J connectivity index is 1.45. The number of nitrogens with zero attached hydrogens (tertiary/aromatic N) is 2. The number of nitrogens with one attached hydrogen (secondary N) is 2. The Kier molecular flexibility index (Phi) is 6.41. The molecule has 1 aromatic carbocycles. The van der Waals surface area contributed by atoms with Gasteiger partial charge in [0.1, 0.15) is 18.0 Å². The minimum Gasteiger partial charge on any atom is -0.445 e. The third-order valence-corrected chi connectivity index (χ3v) is 4.61. The van der Waals surface area contributed by atoms with Gasteiger partial charge in [-0.2, -0.15) is 5.10 Å². The molecule has 2 amide bonds. The molecule has 0 unspecified atom stereocenters. The van der Waals surface area contributed by atoms with E-state index in [4.69, 9.17) is 9.47 Å². The summed E-state index contributed by atoms with van der Waals surface area (Å²) in [7, 11) is 0. The number of anilines is 1. The molecule has 0 bridgehead atoms. The SMILES string of the molecule is CC(C)(C)OC(=O)Nc1cc(C2CCN(C(=O)OCc3ccccc3)CC2)n[nH]1. The lowest BCUT2D eigenvalue weighted by Crippen LogP contribution is -2.38. The second kappa shape index (κ2) is 8.98. The molecule has 29 heavy (non-hydrogen) atoms. The van der Waals surface area contributed by atoms with Crippen LogP contribution >= 0.6 is 0 Å². The van der Waals surface area contributed by atoms with Crippen LogP contribution in [0.5, 0.6) is 0 Å². The van der Waals surface area contributed by atoms with Crippen LogP contribution in [-0.4, -0.2) is 46.0 Å². The number of ether oxygens (including phenoxy) is 2. The van der Waals surface area contributed by atoms with Crippen molar-refractivity contribution in [3.05, 3.63) is 47.7 Å². The van der Waals surface area contributed by atoms with E-state index in [-0.39, 0.29) is 18.6 Å². The molecule has 2 aromatic rings. The number of aromatic amines is 1. The quantitative estimate of drug-likeness (QED) is 0.799. The number of benzene rings is 1. The van der Waals surface area contributed by atoms with E-state index in [2.05, 4.69) is 15.5 Å². The zero-order valence-corrected chi connectivity index (χ0v) is 17.1. The van der Waals surface area contributed by atoms with Gasteiger partial charge < -0.3 is 14.4 Å². The Morgan fingerprint density at radius 1 is 1.21 bits per heavy atom. The monoisotopic (exact) mass is 400 g/mol. The lowest BCUT2D eigenvalue weighted by molar-refractivity contribution is 0.0635. The molecule has 0 aliphatic carbocycles. The third kappa shape index (κ3) is 6.23. The highest BCUT2D eigenvalue weighted by Crippen LogP contribution is 2.28. The van der Waals surface area contributed by atoms with E-state index in [9.17, 15) is 9.59 Å². The number of aromatic nitrogens is 2. The molecular formula is C21H28N4O4. The van der Waals surface area contributed by atoms with Crippen molar-refractivity contribution >= 4 is 18.0 Å². The summed E-state index contributed by atoms with van der Waals surface area (Å²) in [6.45, 7) is 6.93. The van der Waals surface area contributed by atoms with Crippen molar-refractivity contribution in [1.82, 2.24) is 15.1 Å². The number of amides is 2. The summed E-state index contributed by atoms with van der Waals surface area (Å²) >= 11 is 0. The highest BCUT2D eigenvalue weighted by molar-refractivity contribution is 5.83. The fraction of sp³-hybridized carbons (Fsp3) is 0.476. The number of rotatable bonds is 4. The van der Waals surface area contributed by atoms with Crippen molar-refractivity contribution in [2.75, 3.05) is 18.4 Å². The van der Waals surface area contributed by atoms with Gasteiger partial charge in [-0.25, -0.2) is 9.59 Å².